The molecule has 7 aromatic carbocycles. The van der Waals surface area contributed by atoms with Gasteiger partial charge < -0.3 is 4.90 Å². The van der Waals surface area contributed by atoms with Gasteiger partial charge in [0.25, 0.3) is 0 Å². The van der Waals surface area contributed by atoms with Crippen molar-refractivity contribution < 1.29 is 0 Å². The number of aryl methyl sites for hydroxylation is 4. The number of hydrogen-bond donors (Lipinski definition) is 0. The fourth-order valence-electron chi connectivity index (χ4n) is 6.40. The minimum absolute atomic E-state index is 1.11. The van der Waals surface area contributed by atoms with Gasteiger partial charge in [0.1, 0.15) is 0 Å². The van der Waals surface area contributed by atoms with Crippen molar-refractivity contribution >= 4 is 40.4 Å². The average molecular weight is 658 g/mol. The Bertz CT molecular complexity index is 2010. The van der Waals surface area contributed by atoms with Crippen molar-refractivity contribution in [3.05, 3.63) is 232 Å². The predicted octanol–water partition coefficient (Wildman–Crippen LogP) is 13.6. The van der Waals surface area contributed by atoms with Crippen molar-refractivity contribution in [2.45, 2.75) is 27.7 Å². The van der Waals surface area contributed by atoms with Crippen LogP contribution in [0.2, 0.25) is 0 Å². The molecule has 0 radical (unpaired) electrons. The van der Waals surface area contributed by atoms with Crippen LogP contribution in [0.25, 0.3) is 23.3 Å². The van der Waals surface area contributed by atoms with E-state index in [4.69, 9.17) is 0 Å². The van der Waals surface area contributed by atoms with Crippen molar-refractivity contribution in [3.63, 3.8) is 0 Å². The van der Waals surface area contributed by atoms with Gasteiger partial charge in [-0.25, -0.2) is 0 Å². The van der Waals surface area contributed by atoms with Crippen LogP contribution in [0.5, 0.6) is 0 Å². The number of para-hydroxylation sites is 1. The Hall–Kier alpha value is -6.18. The smallest absolute Gasteiger partial charge is 0.0462 e. The maximum atomic E-state index is 2.32. The van der Waals surface area contributed by atoms with Crippen LogP contribution in [0.1, 0.15) is 55.6 Å². The Morgan fingerprint density at radius 3 is 0.882 bits per heavy atom. The molecule has 0 saturated carbocycles. The lowest BCUT2D eigenvalue weighted by atomic mass is 9.94. The molecule has 0 unspecified atom stereocenters. The molecule has 7 rings (SSSR count). The van der Waals surface area contributed by atoms with Gasteiger partial charge in [-0.05, 0) is 121 Å². The van der Waals surface area contributed by atoms with E-state index in [1.807, 2.05) is 0 Å². The molecular weight excluding hydrogens is 615 g/mol. The van der Waals surface area contributed by atoms with E-state index in [2.05, 4.69) is 221 Å². The molecule has 0 aromatic heterocycles. The Labute approximate surface area is 303 Å². The van der Waals surface area contributed by atoms with Gasteiger partial charge >= 0.3 is 0 Å². The molecule has 0 aliphatic carbocycles. The Morgan fingerprint density at radius 2 is 0.588 bits per heavy atom. The molecule has 0 heterocycles. The number of nitrogens with zero attached hydrogens (tertiary/aromatic N) is 1. The van der Waals surface area contributed by atoms with Gasteiger partial charge in [-0.3, -0.25) is 0 Å². The van der Waals surface area contributed by atoms with Crippen molar-refractivity contribution in [1.82, 2.24) is 0 Å². The lowest BCUT2D eigenvalue weighted by molar-refractivity contribution is 1.28. The van der Waals surface area contributed by atoms with E-state index in [-0.39, 0.29) is 0 Å². The zero-order valence-corrected chi connectivity index (χ0v) is 29.8. The first-order valence-electron chi connectivity index (χ1n) is 17.7. The van der Waals surface area contributed by atoms with Crippen molar-refractivity contribution in [2.24, 2.45) is 0 Å². The van der Waals surface area contributed by atoms with E-state index in [1.54, 1.807) is 0 Å². The van der Waals surface area contributed by atoms with E-state index in [9.17, 15) is 0 Å². The van der Waals surface area contributed by atoms with Gasteiger partial charge in [0, 0.05) is 17.1 Å². The van der Waals surface area contributed by atoms with Gasteiger partial charge in [-0.1, -0.05) is 162 Å². The van der Waals surface area contributed by atoms with Crippen LogP contribution < -0.4 is 4.90 Å². The van der Waals surface area contributed by atoms with E-state index < -0.39 is 0 Å². The first-order valence-corrected chi connectivity index (χ1v) is 17.7. The minimum atomic E-state index is 1.11. The molecule has 0 spiro atoms. The third-order valence-corrected chi connectivity index (χ3v) is 9.39. The molecule has 1 heteroatoms. The maximum Gasteiger partial charge on any atom is 0.0462 e. The quantitative estimate of drug-likeness (QED) is 0.140. The van der Waals surface area contributed by atoms with Gasteiger partial charge in [-0.15, -0.1) is 0 Å². The standard InChI is InChI=1S/C50H43N/c1-36-10-22-42(23-11-36)49(43-24-12-37(2)13-25-43)34-40-18-30-47(31-19-40)51(46-8-6-5-7-9-46)48-32-20-41(21-33-48)35-50(44-26-14-38(3)15-27-44)45-28-16-39(4)17-29-45/h5-35H,1-4H3. The second-order valence-electron chi connectivity index (χ2n) is 13.4. The van der Waals surface area contributed by atoms with Gasteiger partial charge in [0.2, 0.25) is 0 Å². The summed E-state index contributed by atoms with van der Waals surface area (Å²) in [5.41, 5.74) is 17.9. The molecule has 0 bridgehead atoms. The molecule has 0 N–H and O–H groups in total. The van der Waals surface area contributed by atoms with Gasteiger partial charge in [0.05, 0.1) is 0 Å². The maximum absolute atomic E-state index is 2.32. The van der Waals surface area contributed by atoms with E-state index in [1.165, 1.54) is 55.7 Å². The molecule has 0 atom stereocenters. The fraction of sp³-hybridized carbons (Fsp3) is 0.0800. The molecule has 51 heavy (non-hydrogen) atoms. The molecule has 0 aliphatic rings. The normalized spacial score (nSPS) is 10.7. The van der Waals surface area contributed by atoms with Crippen LogP contribution >= 0.6 is 0 Å². The van der Waals surface area contributed by atoms with Crippen LogP contribution in [-0.4, -0.2) is 0 Å². The van der Waals surface area contributed by atoms with Crippen molar-refractivity contribution in [3.8, 4) is 0 Å². The van der Waals surface area contributed by atoms with Crippen molar-refractivity contribution in [1.29, 1.82) is 0 Å². The summed E-state index contributed by atoms with van der Waals surface area (Å²) in [6, 6.07) is 63.6. The Morgan fingerprint density at radius 1 is 0.314 bits per heavy atom. The minimum Gasteiger partial charge on any atom is -0.311 e. The topological polar surface area (TPSA) is 3.24 Å². The summed E-state index contributed by atoms with van der Waals surface area (Å²) >= 11 is 0. The molecular formula is C50H43N. The highest BCUT2D eigenvalue weighted by Gasteiger charge is 2.13. The second kappa shape index (κ2) is 15.2. The summed E-state index contributed by atoms with van der Waals surface area (Å²) < 4.78 is 0. The lowest BCUT2D eigenvalue weighted by Crippen LogP contribution is -2.09. The summed E-state index contributed by atoms with van der Waals surface area (Å²) in [7, 11) is 0. The molecule has 0 saturated heterocycles. The van der Waals surface area contributed by atoms with Gasteiger partial charge in [0.15, 0.2) is 0 Å². The van der Waals surface area contributed by atoms with E-state index >= 15 is 0 Å². The number of rotatable bonds is 9. The summed E-state index contributed by atoms with van der Waals surface area (Å²) in [6.45, 7) is 8.53. The number of benzene rings is 7. The first-order chi connectivity index (χ1) is 24.9. The van der Waals surface area contributed by atoms with E-state index in [0.29, 0.717) is 0 Å². The third kappa shape index (κ3) is 8.01. The van der Waals surface area contributed by atoms with Gasteiger partial charge in [-0.2, -0.15) is 0 Å². The van der Waals surface area contributed by atoms with Crippen LogP contribution in [0.15, 0.2) is 176 Å². The largest absolute Gasteiger partial charge is 0.311 e. The monoisotopic (exact) mass is 657 g/mol. The highest BCUT2D eigenvalue weighted by atomic mass is 15.1. The molecule has 1 nitrogen and oxygen atoms in total. The van der Waals surface area contributed by atoms with Crippen LogP contribution in [0, 0.1) is 27.7 Å². The second-order valence-corrected chi connectivity index (χ2v) is 13.4. The Kier molecular flexibility index (Phi) is 9.90. The van der Waals surface area contributed by atoms with Crippen LogP contribution in [0.3, 0.4) is 0 Å². The molecule has 0 fully saturated rings. The lowest BCUT2D eigenvalue weighted by Gasteiger charge is -2.25. The summed E-state index contributed by atoms with van der Waals surface area (Å²) in [6.07, 6.45) is 4.60. The molecule has 0 aliphatic heterocycles. The molecule has 0 amide bonds. The number of hydrogen-bond acceptors (Lipinski definition) is 1. The zero-order valence-electron chi connectivity index (χ0n) is 29.8. The highest BCUT2D eigenvalue weighted by Crippen LogP contribution is 2.36. The summed E-state index contributed by atoms with van der Waals surface area (Å²) in [4.78, 5) is 2.32. The highest BCUT2D eigenvalue weighted by molar-refractivity contribution is 5.93. The van der Waals surface area contributed by atoms with Crippen LogP contribution in [0.4, 0.5) is 17.1 Å². The average Bonchev–Trinajstić information content (AvgIpc) is 3.16. The van der Waals surface area contributed by atoms with Crippen molar-refractivity contribution in [2.75, 3.05) is 4.90 Å². The zero-order chi connectivity index (χ0) is 35.2. The number of anilines is 3. The fourth-order valence-corrected chi connectivity index (χ4v) is 6.40. The SMILES string of the molecule is Cc1ccc(C(=Cc2ccc(N(c3ccccc3)c3ccc(C=C(c4ccc(C)cc4)c4ccc(C)cc4)cc3)cc2)c2ccc(C)cc2)cc1. The first kappa shape index (κ1) is 33.3. The van der Waals surface area contributed by atoms with Crippen LogP contribution in [-0.2, 0) is 0 Å². The summed E-state index contributed by atoms with van der Waals surface area (Å²) in [5.74, 6) is 0. The Balaban J connectivity index is 1.24. The molecule has 7 aromatic rings. The third-order valence-electron chi connectivity index (χ3n) is 9.39. The summed E-state index contributed by atoms with van der Waals surface area (Å²) in [5, 5.41) is 0. The predicted molar refractivity (Wildman–Crippen MR) is 220 cm³/mol. The van der Waals surface area contributed by atoms with E-state index in [0.717, 1.165) is 28.2 Å². The molecule has 248 valence electrons.